The molecule has 0 radical (unpaired) electrons. The summed E-state index contributed by atoms with van der Waals surface area (Å²) in [4.78, 5) is 40.0. The average Bonchev–Trinajstić information content (AvgIpc) is 3.42. The number of aromatic nitrogens is 2. The van der Waals surface area contributed by atoms with E-state index in [2.05, 4.69) is 10.2 Å². The van der Waals surface area contributed by atoms with E-state index in [9.17, 15) is 14.4 Å². The molecule has 2 heterocycles. The highest BCUT2D eigenvalue weighted by molar-refractivity contribution is 6.21. The van der Waals surface area contributed by atoms with Gasteiger partial charge in [0.05, 0.1) is 31.9 Å². The minimum atomic E-state index is -0.324. The van der Waals surface area contributed by atoms with Crippen LogP contribution in [-0.4, -0.2) is 65.5 Å². The van der Waals surface area contributed by atoms with Crippen molar-refractivity contribution in [3.63, 3.8) is 0 Å². The number of methoxy groups -OCH3 is 2. The maximum absolute atomic E-state index is 12.6. The number of fused-ring (bicyclic) bond motifs is 1. The maximum atomic E-state index is 12.6. The zero-order valence-corrected chi connectivity index (χ0v) is 19.1. The summed E-state index contributed by atoms with van der Waals surface area (Å²) in [6.45, 7) is 0.308. The molecule has 1 aliphatic heterocycles. The lowest BCUT2D eigenvalue weighted by Gasteiger charge is -2.17. The highest BCUT2D eigenvalue weighted by atomic mass is 16.5. The first-order valence-corrected chi connectivity index (χ1v) is 10.7. The first-order chi connectivity index (χ1) is 16.4. The second-order valence-corrected chi connectivity index (χ2v) is 7.73. The third-order valence-electron chi connectivity index (χ3n) is 5.55. The Hall–Kier alpha value is -4.21. The number of amides is 3. The molecule has 3 amide bonds. The highest BCUT2D eigenvalue weighted by Gasteiger charge is 2.34. The lowest BCUT2D eigenvalue weighted by atomic mass is 10.1. The zero-order valence-electron chi connectivity index (χ0n) is 19.1. The number of hydrogen-bond acceptors (Lipinski definition) is 8. The predicted molar refractivity (Wildman–Crippen MR) is 120 cm³/mol. The third-order valence-corrected chi connectivity index (χ3v) is 5.55. The van der Waals surface area contributed by atoms with Crippen LogP contribution in [0.15, 0.2) is 46.9 Å². The predicted octanol–water partition coefficient (Wildman–Crippen LogP) is 2.79. The van der Waals surface area contributed by atoms with Crippen LogP contribution < -0.4 is 9.47 Å². The molecule has 4 rings (SSSR count). The third kappa shape index (κ3) is 4.47. The first-order valence-electron chi connectivity index (χ1n) is 10.7. The van der Waals surface area contributed by atoms with Gasteiger partial charge in [-0.25, -0.2) is 0 Å². The summed E-state index contributed by atoms with van der Waals surface area (Å²) in [5, 5.41) is 8.07. The quantitative estimate of drug-likeness (QED) is 0.444. The number of hydrogen-bond donors (Lipinski definition) is 0. The molecule has 1 aromatic heterocycles. The van der Waals surface area contributed by atoms with Crippen molar-refractivity contribution in [2.24, 2.45) is 0 Å². The van der Waals surface area contributed by atoms with E-state index in [1.807, 2.05) is 0 Å². The first kappa shape index (κ1) is 23.0. The SMILES string of the molecule is COc1ccc(-c2nnc(CN(C)C(=O)CCCN3C(=O)c4ccccc4C3=O)o2)cc1OC. The molecule has 3 aromatic rings. The van der Waals surface area contributed by atoms with Crippen LogP contribution in [0.4, 0.5) is 0 Å². The largest absolute Gasteiger partial charge is 0.493 e. The van der Waals surface area contributed by atoms with E-state index < -0.39 is 0 Å². The number of rotatable bonds is 9. The molecular weight excluding hydrogens is 440 g/mol. The molecule has 176 valence electrons. The number of benzene rings is 2. The van der Waals surface area contributed by atoms with E-state index in [0.29, 0.717) is 40.5 Å². The van der Waals surface area contributed by atoms with E-state index >= 15 is 0 Å². The van der Waals surface area contributed by atoms with Gasteiger partial charge in [0.2, 0.25) is 17.7 Å². The molecule has 0 N–H and O–H groups in total. The average molecular weight is 464 g/mol. The van der Waals surface area contributed by atoms with Crippen LogP contribution in [0.5, 0.6) is 11.5 Å². The Morgan fingerprint density at radius 2 is 1.68 bits per heavy atom. The molecule has 0 atom stereocenters. The van der Waals surface area contributed by atoms with Crippen LogP contribution in [0.3, 0.4) is 0 Å². The normalized spacial score (nSPS) is 12.6. The van der Waals surface area contributed by atoms with Crippen LogP contribution in [0.1, 0.15) is 39.4 Å². The van der Waals surface area contributed by atoms with Crippen LogP contribution in [0.2, 0.25) is 0 Å². The molecule has 0 saturated heterocycles. The summed E-state index contributed by atoms with van der Waals surface area (Å²) in [5.74, 6) is 0.874. The second-order valence-electron chi connectivity index (χ2n) is 7.73. The fourth-order valence-electron chi connectivity index (χ4n) is 3.72. The maximum Gasteiger partial charge on any atom is 0.261 e. The minimum Gasteiger partial charge on any atom is -0.493 e. The molecule has 0 bridgehead atoms. The van der Waals surface area contributed by atoms with E-state index in [1.165, 1.54) is 16.9 Å². The van der Waals surface area contributed by atoms with Gasteiger partial charge in [-0.05, 0) is 36.8 Å². The Kier molecular flexibility index (Phi) is 6.58. The van der Waals surface area contributed by atoms with Crippen LogP contribution in [-0.2, 0) is 11.3 Å². The highest BCUT2D eigenvalue weighted by Crippen LogP contribution is 2.31. The van der Waals surface area contributed by atoms with Gasteiger partial charge in [0, 0.05) is 25.6 Å². The Morgan fingerprint density at radius 3 is 2.32 bits per heavy atom. The van der Waals surface area contributed by atoms with Crippen molar-refractivity contribution in [2.45, 2.75) is 19.4 Å². The Morgan fingerprint density at radius 1 is 1.00 bits per heavy atom. The molecule has 0 spiro atoms. The van der Waals surface area contributed by atoms with Crippen molar-refractivity contribution < 1.29 is 28.3 Å². The van der Waals surface area contributed by atoms with Gasteiger partial charge in [-0.2, -0.15) is 0 Å². The molecule has 0 saturated carbocycles. The van der Waals surface area contributed by atoms with E-state index in [1.54, 1.807) is 56.6 Å². The molecule has 1 aliphatic rings. The number of carbonyl (C=O) groups excluding carboxylic acids is 3. The van der Waals surface area contributed by atoms with Gasteiger partial charge in [-0.15, -0.1) is 10.2 Å². The van der Waals surface area contributed by atoms with Gasteiger partial charge >= 0.3 is 0 Å². The molecule has 0 aliphatic carbocycles. The van der Waals surface area contributed by atoms with Gasteiger partial charge in [-0.1, -0.05) is 12.1 Å². The van der Waals surface area contributed by atoms with Gasteiger partial charge in [-0.3, -0.25) is 19.3 Å². The second kappa shape index (κ2) is 9.74. The molecule has 0 unspecified atom stereocenters. The monoisotopic (exact) mass is 464 g/mol. The van der Waals surface area contributed by atoms with E-state index in [4.69, 9.17) is 13.9 Å². The van der Waals surface area contributed by atoms with Gasteiger partial charge < -0.3 is 18.8 Å². The fourth-order valence-corrected chi connectivity index (χ4v) is 3.72. The summed E-state index contributed by atoms with van der Waals surface area (Å²) >= 11 is 0. The summed E-state index contributed by atoms with van der Waals surface area (Å²) in [6.07, 6.45) is 0.524. The fraction of sp³-hybridized carbons (Fsp3) is 0.292. The van der Waals surface area contributed by atoms with Crippen molar-refractivity contribution in [3.8, 4) is 23.0 Å². The lowest BCUT2D eigenvalue weighted by Crippen LogP contribution is -2.32. The lowest BCUT2D eigenvalue weighted by molar-refractivity contribution is -0.130. The Bertz CT molecular complexity index is 1200. The topological polar surface area (TPSA) is 115 Å². The van der Waals surface area contributed by atoms with Crippen molar-refractivity contribution in [1.29, 1.82) is 0 Å². The molecule has 10 heteroatoms. The molecule has 10 nitrogen and oxygen atoms in total. The summed E-state index contributed by atoms with van der Waals surface area (Å²) < 4.78 is 16.2. The Balaban J connectivity index is 1.31. The van der Waals surface area contributed by atoms with Crippen LogP contribution in [0, 0.1) is 0 Å². The van der Waals surface area contributed by atoms with Gasteiger partial charge in [0.1, 0.15) is 0 Å². The number of ether oxygens (including phenoxy) is 2. The number of imide groups is 1. The standard InChI is InChI=1S/C24H24N4O6/c1-27(14-20-25-26-22(34-20)15-10-11-18(32-2)19(13-15)33-3)21(29)9-6-12-28-23(30)16-7-4-5-8-17(16)24(28)31/h4-5,7-8,10-11,13H,6,9,12,14H2,1-3H3. The molecule has 2 aromatic carbocycles. The number of carbonyl (C=O) groups is 3. The van der Waals surface area contributed by atoms with Crippen molar-refractivity contribution in [3.05, 3.63) is 59.5 Å². The van der Waals surface area contributed by atoms with Gasteiger partial charge in [0.25, 0.3) is 11.8 Å². The Labute approximate surface area is 196 Å². The van der Waals surface area contributed by atoms with Crippen molar-refractivity contribution in [2.75, 3.05) is 27.8 Å². The van der Waals surface area contributed by atoms with E-state index in [-0.39, 0.29) is 43.1 Å². The van der Waals surface area contributed by atoms with Crippen LogP contribution >= 0.6 is 0 Å². The van der Waals surface area contributed by atoms with Crippen LogP contribution in [0.25, 0.3) is 11.5 Å². The summed E-state index contributed by atoms with van der Waals surface area (Å²) in [7, 11) is 4.72. The van der Waals surface area contributed by atoms with E-state index in [0.717, 1.165) is 0 Å². The smallest absolute Gasteiger partial charge is 0.261 e. The molecular formula is C24H24N4O6. The molecule has 0 fully saturated rings. The molecule has 34 heavy (non-hydrogen) atoms. The summed E-state index contributed by atoms with van der Waals surface area (Å²) in [6, 6.07) is 11.9. The van der Waals surface area contributed by atoms with Crippen molar-refractivity contribution in [1.82, 2.24) is 20.0 Å². The summed E-state index contributed by atoms with van der Waals surface area (Å²) in [5.41, 5.74) is 1.46. The minimum absolute atomic E-state index is 0.131. The van der Waals surface area contributed by atoms with Gasteiger partial charge in [0.15, 0.2) is 11.5 Å². The number of nitrogens with zero attached hydrogens (tertiary/aromatic N) is 4. The van der Waals surface area contributed by atoms with Crippen molar-refractivity contribution >= 4 is 17.7 Å². The zero-order chi connectivity index (χ0) is 24.2.